The summed E-state index contributed by atoms with van der Waals surface area (Å²) in [4.78, 5) is 10.6. The summed E-state index contributed by atoms with van der Waals surface area (Å²) >= 11 is 5.75. The van der Waals surface area contributed by atoms with E-state index in [0.717, 1.165) is 25.7 Å². The van der Waals surface area contributed by atoms with Crippen molar-refractivity contribution >= 4 is 17.3 Å². The van der Waals surface area contributed by atoms with Crippen LogP contribution in [0, 0.1) is 10.1 Å². The first kappa shape index (κ1) is 14.9. The second-order valence-electron chi connectivity index (χ2n) is 4.90. The van der Waals surface area contributed by atoms with Gasteiger partial charge in [0.15, 0.2) is 11.5 Å². The van der Waals surface area contributed by atoms with Gasteiger partial charge in [-0.05, 0) is 31.7 Å². The number of methoxy groups -OCH3 is 1. The topological polar surface area (TPSA) is 61.6 Å². The highest BCUT2D eigenvalue weighted by Crippen LogP contribution is 2.37. The Morgan fingerprint density at radius 3 is 2.55 bits per heavy atom. The number of benzene rings is 1. The van der Waals surface area contributed by atoms with E-state index in [1.165, 1.54) is 19.6 Å². The van der Waals surface area contributed by atoms with Gasteiger partial charge >= 0.3 is 0 Å². The van der Waals surface area contributed by atoms with E-state index >= 15 is 0 Å². The average Bonchev–Trinajstić information content (AvgIpc) is 2.47. The second-order valence-corrected chi connectivity index (χ2v) is 5.17. The molecule has 110 valence electrons. The molecule has 1 fully saturated rings. The second kappa shape index (κ2) is 6.79. The molecule has 1 aliphatic carbocycles. The number of nitrogens with zero attached hydrogens (tertiary/aromatic N) is 1. The summed E-state index contributed by atoms with van der Waals surface area (Å²) in [6, 6.07) is 3.01. The van der Waals surface area contributed by atoms with Gasteiger partial charge < -0.3 is 9.47 Å². The average molecular weight is 300 g/mol. The van der Waals surface area contributed by atoms with Gasteiger partial charge in [0.1, 0.15) is 0 Å². The molecule has 0 aromatic heterocycles. The molecular formula is C14H18ClNO4. The lowest BCUT2D eigenvalue weighted by atomic mass is 9.98. The van der Waals surface area contributed by atoms with E-state index in [1.807, 2.05) is 0 Å². The fourth-order valence-electron chi connectivity index (χ4n) is 2.48. The summed E-state index contributed by atoms with van der Waals surface area (Å²) in [7, 11) is 1.52. The Hall–Kier alpha value is -1.49. The van der Waals surface area contributed by atoms with Crippen LogP contribution < -0.4 is 9.47 Å². The van der Waals surface area contributed by atoms with Crippen molar-refractivity contribution in [2.24, 2.45) is 0 Å². The number of ether oxygens (including phenoxy) is 2. The Kier molecular flexibility index (Phi) is 5.06. The molecule has 2 rings (SSSR count). The van der Waals surface area contributed by atoms with Crippen LogP contribution in [0.25, 0.3) is 0 Å². The van der Waals surface area contributed by atoms with Crippen molar-refractivity contribution in [1.29, 1.82) is 0 Å². The molecule has 0 amide bonds. The minimum absolute atomic E-state index is 0.0217. The molecule has 0 spiro atoms. The number of hydrogen-bond acceptors (Lipinski definition) is 4. The number of nitro groups is 1. The quantitative estimate of drug-likeness (QED) is 0.467. The van der Waals surface area contributed by atoms with Gasteiger partial charge in [0.05, 0.1) is 30.1 Å². The van der Waals surface area contributed by atoms with Crippen LogP contribution in [0.3, 0.4) is 0 Å². The van der Waals surface area contributed by atoms with E-state index < -0.39 is 4.92 Å². The van der Waals surface area contributed by atoms with E-state index in [1.54, 1.807) is 6.07 Å². The molecule has 1 aromatic rings. The molecule has 0 atom stereocenters. The summed E-state index contributed by atoms with van der Waals surface area (Å²) in [5.41, 5.74) is 0.413. The standard InChI is InChI=1S/C14H18ClNO4/c1-19-13-7-10(9-15)12(16(17)18)8-14(13)20-11-5-3-2-4-6-11/h7-8,11H,2-6,9H2,1H3. The van der Waals surface area contributed by atoms with Crippen molar-refractivity contribution in [3.63, 3.8) is 0 Å². The van der Waals surface area contributed by atoms with Crippen molar-refractivity contribution in [3.8, 4) is 11.5 Å². The summed E-state index contributed by atoms with van der Waals surface area (Å²) in [5, 5.41) is 11.1. The summed E-state index contributed by atoms with van der Waals surface area (Å²) in [6.07, 6.45) is 5.56. The molecule has 0 radical (unpaired) electrons. The van der Waals surface area contributed by atoms with Crippen LogP contribution in [0.15, 0.2) is 12.1 Å². The van der Waals surface area contributed by atoms with Gasteiger partial charge in [-0.1, -0.05) is 6.42 Å². The maximum Gasteiger partial charge on any atom is 0.277 e. The number of rotatable bonds is 5. The predicted molar refractivity (Wildman–Crippen MR) is 76.7 cm³/mol. The minimum atomic E-state index is -0.440. The van der Waals surface area contributed by atoms with Gasteiger partial charge in [-0.15, -0.1) is 11.6 Å². The molecular weight excluding hydrogens is 282 g/mol. The third-order valence-corrected chi connectivity index (χ3v) is 3.84. The normalized spacial score (nSPS) is 15.9. The van der Waals surface area contributed by atoms with Crippen molar-refractivity contribution in [1.82, 2.24) is 0 Å². The van der Waals surface area contributed by atoms with E-state index in [2.05, 4.69) is 0 Å². The molecule has 0 unspecified atom stereocenters. The SMILES string of the molecule is COc1cc(CCl)c([N+](=O)[O-])cc1OC1CCCCC1. The molecule has 0 aliphatic heterocycles. The predicted octanol–water partition coefficient (Wildman–Crippen LogP) is 4.05. The lowest BCUT2D eigenvalue weighted by Gasteiger charge is -2.24. The third kappa shape index (κ3) is 3.33. The maximum absolute atomic E-state index is 11.1. The highest BCUT2D eigenvalue weighted by Gasteiger charge is 2.22. The van der Waals surface area contributed by atoms with E-state index in [0.29, 0.717) is 17.1 Å². The van der Waals surface area contributed by atoms with Gasteiger partial charge in [-0.25, -0.2) is 0 Å². The smallest absolute Gasteiger partial charge is 0.277 e. The maximum atomic E-state index is 11.1. The van der Waals surface area contributed by atoms with Crippen LogP contribution in [0.2, 0.25) is 0 Å². The van der Waals surface area contributed by atoms with Crippen LogP contribution in [0.1, 0.15) is 37.7 Å². The van der Waals surface area contributed by atoms with Crippen LogP contribution >= 0.6 is 11.6 Å². The first-order valence-electron chi connectivity index (χ1n) is 6.73. The first-order chi connectivity index (χ1) is 9.65. The van der Waals surface area contributed by atoms with Crippen LogP contribution in [0.4, 0.5) is 5.69 Å². The summed E-state index contributed by atoms with van der Waals surface area (Å²) < 4.78 is 11.2. The van der Waals surface area contributed by atoms with Crippen molar-refractivity contribution in [3.05, 3.63) is 27.8 Å². The Morgan fingerprint density at radius 1 is 1.30 bits per heavy atom. The molecule has 6 heteroatoms. The Balaban J connectivity index is 2.29. The minimum Gasteiger partial charge on any atom is -0.493 e. The summed E-state index contributed by atoms with van der Waals surface area (Å²) in [6.45, 7) is 0. The zero-order chi connectivity index (χ0) is 14.5. The molecule has 1 saturated carbocycles. The van der Waals surface area contributed by atoms with E-state index in [4.69, 9.17) is 21.1 Å². The fourth-order valence-corrected chi connectivity index (χ4v) is 2.70. The van der Waals surface area contributed by atoms with Crippen LogP contribution in [-0.2, 0) is 5.88 Å². The van der Waals surface area contributed by atoms with Gasteiger partial charge in [-0.3, -0.25) is 10.1 Å². The molecule has 0 heterocycles. The van der Waals surface area contributed by atoms with Crippen molar-refractivity contribution in [2.75, 3.05) is 7.11 Å². The monoisotopic (exact) mass is 299 g/mol. The molecule has 0 N–H and O–H groups in total. The van der Waals surface area contributed by atoms with Gasteiger partial charge in [0, 0.05) is 5.56 Å². The van der Waals surface area contributed by atoms with Gasteiger partial charge in [0.25, 0.3) is 5.69 Å². The number of halogens is 1. The molecule has 20 heavy (non-hydrogen) atoms. The third-order valence-electron chi connectivity index (χ3n) is 3.55. The zero-order valence-electron chi connectivity index (χ0n) is 11.4. The lowest BCUT2D eigenvalue weighted by Crippen LogP contribution is -2.20. The Morgan fingerprint density at radius 2 is 2.00 bits per heavy atom. The van der Waals surface area contributed by atoms with E-state index in [-0.39, 0.29) is 17.7 Å². The van der Waals surface area contributed by atoms with Crippen LogP contribution in [0.5, 0.6) is 11.5 Å². The highest BCUT2D eigenvalue weighted by molar-refractivity contribution is 6.17. The van der Waals surface area contributed by atoms with Gasteiger partial charge in [-0.2, -0.15) is 0 Å². The van der Waals surface area contributed by atoms with Crippen LogP contribution in [-0.4, -0.2) is 18.1 Å². The van der Waals surface area contributed by atoms with E-state index in [9.17, 15) is 10.1 Å². The first-order valence-corrected chi connectivity index (χ1v) is 7.27. The molecule has 0 bridgehead atoms. The van der Waals surface area contributed by atoms with Gasteiger partial charge in [0.2, 0.25) is 0 Å². The fraction of sp³-hybridized carbons (Fsp3) is 0.571. The van der Waals surface area contributed by atoms with Crippen molar-refractivity contribution in [2.45, 2.75) is 44.1 Å². The highest BCUT2D eigenvalue weighted by atomic mass is 35.5. The molecule has 1 aliphatic rings. The number of hydrogen-bond donors (Lipinski definition) is 0. The molecule has 0 saturated heterocycles. The Bertz CT molecular complexity index is 486. The number of nitro benzene ring substituents is 1. The molecule has 1 aromatic carbocycles. The summed E-state index contributed by atoms with van der Waals surface area (Å²) in [5.74, 6) is 0.993. The Labute approximate surface area is 123 Å². The largest absolute Gasteiger partial charge is 0.493 e. The van der Waals surface area contributed by atoms with Crippen molar-refractivity contribution < 1.29 is 14.4 Å². The number of alkyl halides is 1. The lowest BCUT2D eigenvalue weighted by molar-refractivity contribution is -0.385. The zero-order valence-corrected chi connectivity index (χ0v) is 12.2. The molecule has 5 nitrogen and oxygen atoms in total.